The van der Waals surface area contributed by atoms with E-state index < -0.39 is 22.9 Å². The average Bonchev–Trinajstić information content (AvgIpc) is 2.16. The largest absolute Gasteiger partial charge is 0.388 e. The highest BCUT2D eigenvalue weighted by atomic mass is 16.6. The minimum absolute atomic E-state index is 0.173. The molecule has 1 N–H and O–H groups in total. The molecular weight excluding hydrogens is 186 g/mol. The van der Waals surface area contributed by atoms with Crippen molar-refractivity contribution in [3.63, 3.8) is 0 Å². The van der Waals surface area contributed by atoms with Gasteiger partial charge < -0.3 is 5.11 Å². The summed E-state index contributed by atoms with van der Waals surface area (Å²) in [5, 5.41) is 19.4. The Kier molecular flexibility index (Phi) is 5.30. The average molecular weight is 203 g/mol. The molecule has 1 atom stereocenters. The fourth-order valence-electron chi connectivity index (χ4n) is 1.05. The minimum atomic E-state index is -1.81. The van der Waals surface area contributed by atoms with E-state index in [-0.39, 0.29) is 6.42 Å². The Morgan fingerprint density at radius 1 is 1.50 bits per heavy atom. The van der Waals surface area contributed by atoms with Crippen LogP contribution >= 0.6 is 0 Å². The van der Waals surface area contributed by atoms with Crippen molar-refractivity contribution in [2.45, 2.75) is 45.1 Å². The number of unbranched alkanes of at least 4 members (excludes halogenated alkanes) is 2. The molecule has 5 heteroatoms. The fraction of sp³-hybridized carbons (Fsp3) is 0.889. The number of ketones is 1. The van der Waals surface area contributed by atoms with Gasteiger partial charge in [0.2, 0.25) is 5.78 Å². The van der Waals surface area contributed by atoms with Crippen LogP contribution in [-0.2, 0) is 4.79 Å². The lowest BCUT2D eigenvalue weighted by Crippen LogP contribution is -2.46. The van der Waals surface area contributed by atoms with Crippen LogP contribution in [0.5, 0.6) is 0 Å². The number of rotatable bonds is 7. The van der Waals surface area contributed by atoms with Crippen LogP contribution in [0, 0.1) is 10.1 Å². The molecule has 0 bridgehead atoms. The van der Waals surface area contributed by atoms with Gasteiger partial charge in [0.25, 0.3) is 5.54 Å². The molecule has 0 saturated carbocycles. The first-order valence-electron chi connectivity index (χ1n) is 4.77. The van der Waals surface area contributed by atoms with Gasteiger partial charge in [0.05, 0.1) is 0 Å². The molecule has 0 heterocycles. The molecule has 5 nitrogen and oxygen atoms in total. The summed E-state index contributed by atoms with van der Waals surface area (Å²) in [4.78, 5) is 21.3. The van der Waals surface area contributed by atoms with Gasteiger partial charge in [-0.05, 0) is 6.42 Å². The zero-order valence-electron chi connectivity index (χ0n) is 8.65. The summed E-state index contributed by atoms with van der Waals surface area (Å²) < 4.78 is 0. The SMILES string of the molecule is CCCCCC(=O)C(C)(CO)[N+](=O)[O-]. The van der Waals surface area contributed by atoms with Crippen LogP contribution in [0.3, 0.4) is 0 Å². The van der Waals surface area contributed by atoms with E-state index in [4.69, 9.17) is 5.11 Å². The summed E-state index contributed by atoms with van der Waals surface area (Å²) >= 11 is 0. The fourth-order valence-corrected chi connectivity index (χ4v) is 1.05. The molecule has 0 spiro atoms. The lowest BCUT2D eigenvalue weighted by atomic mass is 9.94. The molecule has 0 rings (SSSR count). The topological polar surface area (TPSA) is 80.4 Å². The van der Waals surface area contributed by atoms with Gasteiger partial charge in [-0.25, -0.2) is 0 Å². The Hall–Kier alpha value is -0.970. The second-order valence-corrected chi connectivity index (χ2v) is 3.57. The number of nitro groups is 1. The lowest BCUT2D eigenvalue weighted by molar-refractivity contribution is -0.550. The van der Waals surface area contributed by atoms with E-state index in [2.05, 4.69) is 0 Å². The van der Waals surface area contributed by atoms with Crippen LogP contribution in [0.15, 0.2) is 0 Å². The van der Waals surface area contributed by atoms with Crippen LogP contribution in [0.1, 0.15) is 39.5 Å². The van der Waals surface area contributed by atoms with E-state index in [0.717, 1.165) is 12.8 Å². The predicted molar refractivity (Wildman–Crippen MR) is 51.6 cm³/mol. The Bertz CT molecular complexity index is 217. The number of Topliss-reactive ketones (excluding diaryl/α,β-unsaturated/α-hetero) is 1. The zero-order chi connectivity index (χ0) is 11.2. The zero-order valence-corrected chi connectivity index (χ0v) is 8.65. The molecule has 14 heavy (non-hydrogen) atoms. The first-order valence-corrected chi connectivity index (χ1v) is 4.77. The monoisotopic (exact) mass is 203 g/mol. The lowest BCUT2D eigenvalue weighted by Gasteiger charge is -2.16. The van der Waals surface area contributed by atoms with Gasteiger partial charge in [0.15, 0.2) is 0 Å². The van der Waals surface area contributed by atoms with E-state index in [1.807, 2.05) is 6.92 Å². The summed E-state index contributed by atoms with van der Waals surface area (Å²) in [6.07, 6.45) is 2.66. The summed E-state index contributed by atoms with van der Waals surface area (Å²) in [6.45, 7) is 2.43. The standard InChI is InChI=1S/C9H17NO4/c1-3-4-5-6-8(12)9(2,7-11)10(13)14/h11H,3-7H2,1-2H3. The highest BCUT2D eigenvalue weighted by Crippen LogP contribution is 2.14. The van der Waals surface area contributed by atoms with E-state index in [9.17, 15) is 14.9 Å². The molecule has 82 valence electrons. The quantitative estimate of drug-likeness (QED) is 0.382. The maximum absolute atomic E-state index is 11.4. The summed E-state index contributed by atoms with van der Waals surface area (Å²) in [5.74, 6) is -0.488. The number of carbonyl (C=O) groups excluding carboxylic acids is 1. The molecule has 0 aliphatic rings. The van der Waals surface area contributed by atoms with Crippen LogP contribution in [0.4, 0.5) is 0 Å². The van der Waals surface area contributed by atoms with Crippen molar-refractivity contribution in [1.82, 2.24) is 0 Å². The number of hydrogen-bond acceptors (Lipinski definition) is 4. The summed E-state index contributed by atoms with van der Waals surface area (Å²) in [5.41, 5.74) is -1.81. The van der Waals surface area contributed by atoms with E-state index >= 15 is 0 Å². The summed E-state index contributed by atoms with van der Waals surface area (Å²) in [7, 11) is 0. The van der Waals surface area contributed by atoms with Crippen molar-refractivity contribution in [2.75, 3.05) is 6.61 Å². The maximum atomic E-state index is 11.4. The van der Waals surface area contributed by atoms with Crippen LogP contribution in [-0.4, -0.2) is 28.0 Å². The van der Waals surface area contributed by atoms with Crippen molar-refractivity contribution in [1.29, 1.82) is 0 Å². The molecule has 0 aliphatic carbocycles. The molecule has 1 unspecified atom stereocenters. The van der Waals surface area contributed by atoms with Crippen molar-refractivity contribution in [3.05, 3.63) is 10.1 Å². The third-order valence-corrected chi connectivity index (χ3v) is 2.32. The molecule has 0 saturated heterocycles. The molecule has 0 aliphatic heterocycles. The van der Waals surface area contributed by atoms with Gasteiger partial charge in [0, 0.05) is 18.3 Å². The van der Waals surface area contributed by atoms with Crippen molar-refractivity contribution in [3.8, 4) is 0 Å². The number of nitrogens with zero attached hydrogens (tertiary/aromatic N) is 1. The normalized spacial score (nSPS) is 14.8. The second-order valence-electron chi connectivity index (χ2n) is 3.57. The number of aliphatic hydroxyl groups excluding tert-OH is 1. The van der Waals surface area contributed by atoms with E-state index in [0.29, 0.717) is 6.42 Å². The first kappa shape index (κ1) is 13.0. The van der Waals surface area contributed by atoms with Crippen molar-refractivity contribution in [2.24, 2.45) is 0 Å². The molecule has 0 amide bonds. The molecular formula is C9H17NO4. The number of carbonyl (C=O) groups is 1. The molecule has 0 aromatic rings. The van der Waals surface area contributed by atoms with Crippen LogP contribution in [0.2, 0.25) is 0 Å². The molecule has 0 fully saturated rings. The van der Waals surface area contributed by atoms with Crippen molar-refractivity contribution < 1.29 is 14.8 Å². The minimum Gasteiger partial charge on any atom is -0.388 e. The molecule has 0 aromatic carbocycles. The maximum Gasteiger partial charge on any atom is 0.298 e. The predicted octanol–water partition coefficient (Wildman–Crippen LogP) is 1.16. The highest BCUT2D eigenvalue weighted by Gasteiger charge is 2.43. The first-order chi connectivity index (χ1) is 6.49. The van der Waals surface area contributed by atoms with Crippen molar-refractivity contribution >= 4 is 5.78 Å². The van der Waals surface area contributed by atoms with Gasteiger partial charge in [-0.3, -0.25) is 14.9 Å². The van der Waals surface area contributed by atoms with Gasteiger partial charge in [-0.15, -0.1) is 0 Å². The Morgan fingerprint density at radius 3 is 2.43 bits per heavy atom. The van der Waals surface area contributed by atoms with Gasteiger partial charge in [0.1, 0.15) is 6.61 Å². The Balaban J connectivity index is 4.25. The molecule has 0 aromatic heterocycles. The smallest absolute Gasteiger partial charge is 0.298 e. The Labute approximate surface area is 83.3 Å². The van der Waals surface area contributed by atoms with Gasteiger partial charge in [-0.1, -0.05) is 19.8 Å². The third kappa shape index (κ3) is 3.06. The van der Waals surface area contributed by atoms with Gasteiger partial charge >= 0.3 is 0 Å². The van der Waals surface area contributed by atoms with Crippen LogP contribution < -0.4 is 0 Å². The van der Waals surface area contributed by atoms with E-state index in [1.165, 1.54) is 6.92 Å². The second kappa shape index (κ2) is 5.70. The van der Waals surface area contributed by atoms with E-state index in [1.54, 1.807) is 0 Å². The van der Waals surface area contributed by atoms with Crippen LogP contribution in [0.25, 0.3) is 0 Å². The third-order valence-electron chi connectivity index (χ3n) is 2.32. The molecule has 0 radical (unpaired) electrons. The highest BCUT2D eigenvalue weighted by molar-refractivity contribution is 5.86. The Morgan fingerprint density at radius 2 is 2.07 bits per heavy atom. The summed E-state index contributed by atoms with van der Waals surface area (Å²) in [6, 6.07) is 0. The number of hydrogen-bond donors (Lipinski definition) is 1. The van der Waals surface area contributed by atoms with Gasteiger partial charge in [-0.2, -0.15) is 0 Å². The number of aliphatic hydroxyl groups is 1.